The van der Waals surface area contributed by atoms with E-state index in [2.05, 4.69) is 47.6 Å². The second-order valence-corrected chi connectivity index (χ2v) is 20.0. The largest absolute Gasteiger partial charge is 0.298 e. The Balaban J connectivity index is 0.00000270. The number of carbonyl (C=O) groups excluding carboxylic acids is 6. The molecule has 71 heavy (non-hydrogen) atoms. The van der Waals surface area contributed by atoms with Crippen molar-refractivity contribution >= 4 is 134 Å². The molecule has 1 aliphatic heterocycles. The van der Waals surface area contributed by atoms with Crippen LogP contribution in [-0.2, 0) is 4.79 Å². The van der Waals surface area contributed by atoms with Crippen LogP contribution in [-0.4, -0.2) is 36.7 Å². The van der Waals surface area contributed by atoms with E-state index in [4.69, 9.17) is 0 Å². The van der Waals surface area contributed by atoms with Crippen molar-refractivity contribution in [1.29, 1.82) is 0 Å². The van der Waals surface area contributed by atoms with Gasteiger partial charge in [0.25, 0.3) is 17.7 Å². The fraction of sp³-hybridized carbons (Fsp3) is 0.206. The van der Waals surface area contributed by atoms with E-state index in [1.54, 1.807) is 12.1 Å². The van der Waals surface area contributed by atoms with Gasteiger partial charge in [-0.2, -0.15) is 0 Å². The molecule has 0 saturated heterocycles. The SMILES string of the molecule is CC.Cc1cccc(C(C)C)c1N1C(=O)c2cc3c4cc(C=O)ccc4c4cc(C)c5c(C(=O)N(C=O)c6c(C(C)C)cccc6C(C)C)cc6c7cc(C=O)ccc7c7cc(c2c2c3c4c5c6c72)C1=O. The molecule has 4 amide bonds. The molecule has 0 aromatic heterocycles. The van der Waals surface area contributed by atoms with E-state index in [1.165, 1.54) is 9.80 Å². The van der Waals surface area contributed by atoms with Gasteiger partial charge < -0.3 is 0 Å². The molecule has 1 aliphatic rings. The predicted molar refractivity (Wildman–Crippen MR) is 291 cm³/mol. The van der Waals surface area contributed by atoms with Gasteiger partial charge >= 0.3 is 0 Å². The molecule has 8 heteroatoms. The fourth-order valence-corrected chi connectivity index (χ4v) is 12.2. The molecule has 0 N–H and O–H groups in total. The molecule has 12 rings (SSSR count). The molecule has 0 spiro atoms. The summed E-state index contributed by atoms with van der Waals surface area (Å²) in [7, 11) is 0. The van der Waals surface area contributed by atoms with Crippen molar-refractivity contribution in [2.24, 2.45) is 0 Å². The van der Waals surface area contributed by atoms with Gasteiger partial charge in [0.05, 0.1) is 11.4 Å². The average molecular weight is 933 g/mol. The van der Waals surface area contributed by atoms with Crippen LogP contribution in [0.25, 0.3) is 86.2 Å². The average Bonchev–Trinajstić information content (AvgIpc) is 3.38. The van der Waals surface area contributed by atoms with Crippen molar-refractivity contribution < 1.29 is 28.8 Å². The van der Waals surface area contributed by atoms with E-state index in [0.29, 0.717) is 67.1 Å². The predicted octanol–water partition coefficient (Wildman–Crippen LogP) is 15.5. The third-order valence-corrected chi connectivity index (χ3v) is 15.1. The van der Waals surface area contributed by atoms with Gasteiger partial charge in [-0.15, -0.1) is 0 Å². The van der Waals surface area contributed by atoms with Gasteiger partial charge in [0.15, 0.2) is 0 Å². The summed E-state index contributed by atoms with van der Waals surface area (Å²) in [4.78, 5) is 88.3. The van der Waals surface area contributed by atoms with Crippen molar-refractivity contribution in [1.82, 2.24) is 0 Å². The third kappa shape index (κ3) is 6.03. The lowest BCUT2D eigenvalue weighted by atomic mass is 9.75. The first kappa shape index (κ1) is 45.3. The lowest BCUT2D eigenvalue weighted by Crippen LogP contribution is -2.41. The van der Waals surface area contributed by atoms with Crippen molar-refractivity contribution in [3.63, 3.8) is 0 Å². The number of aryl methyl sites for hydroxylation is 2. The zero-order chi connectivity index (χ0) is 50.2. The molecule has 11 aromatic carbocycles. The van der Waals surface area contributed by atoms with Crippen LogP contribution in [0.5, 0.6) is 0 Å². The molecular weight excluding hydrogens is 881 g/mol. The number of anilines is 2. The Bertz CT molecular complexity index is 4130. The highest BCUT2D eigenvalue weighted by molar-refractivity contribution is 6.54. The number of para-hydroxylation sites is 2. The number of hydrogen-bond donors (Lipinski definition) is 0. The lowest BCUT2D eigenvalue weighted by Gasteiger charge is -2.33. The van der Waals surface area contributed by atoms with Crippen molar-refractivity contribution in [3.8, 4) is 0 Å². The van der Waals surface area contributed by atoms with E-state index < -0.39 is 17.7 Å². The first-order valence-electron chi connectivity index (χ1n) is 24.6. The van der Waals surface area contributed by atoms with E-state index in [1.807, 2.05) is 107 Å². The highest BCUT2D eigenvalue weighted by atomic mass is 16.2. The summed E-state index contributed by atoms with van der Waals surface area (Å²) in [5, 5.41) is 12.2. The molecule has 0 saturated carbocycles. The van der Waals surface area contributed by atoms with Gasteiger partial charge in [-0.25, -0.2) is 9.80 Å². The molecule has 1 heterocycles. The highest BCUT2D eigenvalue weighted by Gasteiger charge is 2.40. The van der Waals surface area contributed by atoms with Gasteiger partial charge in [0.1, 0.15) is 12.6 Å². The summed E-state index contributed by atoms with van der Waals surface area (Å²) in [5.41, 5.74) is 7.35. The van der Waals surface area contributed by atoms with Gasteiger partial charge in [-0.05, 0) is 165 Å². The first-order valence-corrected chi connectivity index (χ1v) is 24.6. The molecule has 0 fully saturated rings. The minimum absolute atomic E-state index is 0.00184. The van der Waals surface area contributed by atoms with Gasteiger partial charge in [-0.1, -0.05) is 122 Å². The Kier molecular flexibility index (Phi) is 10.4. The van der Waals surface area contributed by atoms with Crippen molar-refractivity contribution in [3.05, 3.63) is 153 Å². The summed E-state index contributed by atoms with van der Waals surface area (Å²) >= 11 is 0. The number of hydrogen-bond acceptors (Lipinski definition) is 6. The lowest BCUT2D eigenvalue weighted by molar-refractivity contribution is -0.107. The minimum Gasteiger partial charge on any atom is -0.298 e. The van der Waals surface area contributed by atoms with Crippen LogP contribution in [0.3, 0.4) is 0 Å². The number of benzene rings is 11. The Hall–Kier alpha value is -8.10. The Morgan fingerprint density at radius 3 is 1.42 bits per heavy atom. The number of nitrogens with zero attached hydrogens (tertiary/aromatic N) is 2. The number of fused-ring (bicyclic) bond motifs is 6. The standard InChI is InChI=1S/C61H46N2O6.C2H6/c1-28(2)35-12-9-11-31(7)57(35)63-60(68)47-22-43-39-18-16-34(26-65)21-41(39)44-23-46(59(67)62(27-66)58-36(29(3)4)13-10-14-37(58)30(5)6)49-32(8)19-42-38-17-15-33(25-64)20-40(38)45-24-48(61(63)69)50(47)56-52(43)53(44)55(49)51(42)54(45)56;1-2/h9-30H,1-8H3;1-2H3. The van der Waals surface area contributed by atoms with E-state index in [9.17, 15) is 14.4 Å². The summed E-state index contributed by atoms with van der Waals surface area (Å²) in [6.45, 7) is 20.2. The number of imide groups is 2. The Morgan fingerprint density at radius 2 is 0.930 bits per heavy atom. The minimum atomic E-state index is -0.485. The third-order valence-electron chi connectivity index (χ3n) is 15.1. The Labute approximate surface area is 410 Å². The van der Waals surface area contributed by atoms with Crippen LogP contribution in [0.2, 0.25) is 0 Å². The fourth-order valence-electron chi connectivity index (χ4n) is 12.2. The summed E-state index contributed by atoms with van der Waals surface area (Å²) in [6.07, 6.45) is 2.26. The van der Waals surface area contributed by atoms with Crippen LogP contribution < -0.4 is 9.80 Å². The molecule has 350 valence electrons. The summed E-state index contributed by atoms with van der Waals surface area (Å²) in [6, 6.07) is 30.7. The maximum atomic E-state index is 15.8. The smallest absolute Gasteiger partial charge is 0.266 e. The van der Waals surface area contributed by atoms with Gasteiger partial charge in [0.2, 0.25) is 6.41 Å². The summed E-state index contributed by atoms with van der Waals surface area (Å²) in [5.74, 6) is -1.35. The van der Waals surface area contributed by atoms with E-state index in [-0.39, 0.29) is 17.8 Å². The number of carbonyl (C=O) groups is 6. The maximum Gasteiger partial charge on any atom is 0.266 e. The summed E-state index contributed by atoms with van der Waals surface area (Å²) < 4.78 is 0. The second kappa shape index (κ2) is 16.2. The monoisotopic (exact) mass is 932 g/mol. The van der Waals surface area contributed by atoms with E-state index >= 15 is 14.4 Å². The molecular formula is C63H52N2O6. The molecule has 0 bridgehead atoms. The molecule has 11 aromatic rings. The van der Waals surface area contributed by atoms with Crippen LogP contribution in [0, 0.1) is 13.8 Å². The zero-order valence-electron chi connectivity index (χ0n) is 41.5. The van der Waals surface area contributed by atoms with Crippen LogP contribution >= 0.6 is 0 Å². The zero-order valence-corrected chi connectivity index (χ0v) is 41.5. The van der Waals surface area contributed by atoms with E-state index in [0.717, 1.165) is 105 Å². The molecule has 0 aliphatic carbocycles. The molecule has 8 nitrogen and oxygen atoms in total. The van der Waals surface area contributed by atoms with Crippen LogP contribution in [0.4, 0.5) is 11.4 Å². The maximum absolute atomic E-state index is 15.8. The van der Waals surface area contributed by atoms with Gasteiger partial charge in [-0.3, -0.25) is 28.8 Å². The van der Waals surface area contributed by atoms with Crippen LogP contribution in [0.15, 0.2) is 97.1 Å². The number of amides is 4. The second-order valence-electron chi connectivity index (χ2n) is 20.0. The molecule has 0 unspecified atom stereocenters. The van der Waals surface area contributed by atoms with Crippen LogP contribution in [0.1, 0.15) is 153 Å². The Morgan fingerprint density at radius 1 is 0.479 bits per heavy atom. The topological polar surface area (TPSA) is 109 Å². The van der Waals surface area contributed by atoms with Gasteiger partial charge in [0, 0.05) is 38.6 Å². The number of rotatable bonds is 9. The molecule has 0 radical (unpaired) electrons. The quantitative estimate of drug-likeness (QED) is 0.0617. The first-order chi connectivity index (χ1) is 34.2. The number of aldehydes is 2. The normalized spacial score (nSPS) is 13.0. The van der Waals surface area contributed by atoms with Crippen molar-refractivity contribution in [2.45, 2.75) is 87.0 Å². The molecule has 0 atom stereocenters. The van der Waals surface area contributed by atoms with Crippen molar-refractivity contribution in [2.75, 3.05) is 9.80 Å². The highest BCUT2D eigenvalue weighted by Crippen LogP contribution is 2.56.